The summed E-state index contributed by atoms with van der Waals surface area (Å²) in [4.78, 5) is 35.1. The van der Waals surface area contributed by atoms with Crippen LogP contribution in [0.1, 0.15) is 145 Å². The normalized spacial score (nSPS) is 10.3. The standard InChI is InChI=1S/C14H12N6.C13H11N7.C12H16N6.C11H15N7.C10H11N5.C9H9N5.C9H6N4O2.C8H15N5.C7H13N5/c15-9-10-4-6-11(7-5-10)13-17-19-14(20-18-13)12-3-1-2-8-16-12;14-8-9-2-4-10(5-3-9)11-17-19-13(20-18-11)12-15-6-1-7-16-12;13-8-4-1-2-7-11-15-17-12(18-16-11)10-6-3-5-9-14-10;12-6-3-1-2-5-9-15-17-11(18-16-9)10-13-7-4-8-14-10;1-7-12-14-10(15-13-7)9-4-2-8(6-11)3-5-9;10-5-7-1-3-8(4-2-7)9-13-11-6-12-14-9;14-9(15)7-3-1-6(2-4-7)8-12-10-5-11-13-8;1-7-10-12-8(13-11-7)5-3-2-4-6-9;8-5-3-1-2-4-7-11-9-6-10-12-7/h1-8H,9,15H2;1-7H,8,14H2;3,5-6,9H,1-2,4,7-8,13H2;4,7-8H,1-3,5-6,12H2;2-5H,6,11H2,1H3;1-4,6H,5,10H2;1-5H,(H,14,15);2-6,9H2,1H3;6H,1-5,8H2. The minimum absolute atomic E-state index is 0.218. The van der Waals surface area contributed by atoms with Gasteiger partial charge < -0.3 is 51.0 Å². The van der Waals surface area contributed by atoms with Crippen LogP contribution in [0.4, 0.5) is 0 Å². The third-order valence-corrected chi connectivity index (χ3v) is 19.4. The maximum Gasteiger partial charge on any atom is 0.335 e. The molecule has 0 radical (unpaired) electrons. The SMILES string of the molecule is Cc1nnc(-c2ccc(CN)cc2)nn1.Cc1nnc(CCCCCN)nn1.NCCCCCc1nnc(-c2ccccn2)nn1.NCCCCCc1nnc(-c2ncccn2)nn1.NCCCCCc1nncnn1.NCc1ccc(-c2nnc(-c3ccccn3)nn2)cc1.NCc1ccc(-c2nnc(-c3ncccn3)nn2)cc1.NCc1ccc(-c2nncnn2)cc1.O=C(O)c1ccc(-c2nncnn2)cc1. The molecule has 742 valence electrons. The van der Waals surface area contributed by atoms with E-state index in [4.69, 9.17) is 51.0 Å². The molecule has 0 aliphatic rings. The first kappa shape index (κ1) is 109. The number of aromatic carboxylic acids is 1. The first-order valence-electron chi connectivity index (χ1n) is 45.8. The van der Waals surface area contributed by atoms with Crippen molar-refractivity contribution in [2.24, 2.45) is 45.9 Å². The Labute approximate surface area is 832 Å². The van der Waals surface area contributed by atoms with Crippen LogP contribution in [-0.2, 0) is 51.9 Å². The van der Waals surface area contributed by atoms with Gasteiger partial charge in [0.15, 0.2) is 53.9 Å². The van der Waals surface area contributed by atoms with Gasteiger partial charge in [0.05, 0.1) is 5.56 Å². The third-order valence-electron chi connectivity index (χ3n) is 19.4. The highest BCUT2D eigenvalue weighted by Crippen LogP contribution is 2.21. The van der Waals surface area contributed by atoms with Crippen LogP contribution in [0, 0.1) is 13.8 Å². The van der Waals surface area contributed by atoms with Crippen LogP contribution < -0.4 is 45.9 Å². The van der Waals surface area contributed by atoms with E-state index in [-0.39, 0.29) is 5.56 Å². The monoisotopic (exact) mass is 1960 g/mol. The van der Waals surface area contributed by atoms with Crippen molar-refractivity contribution in [3.8, 4) is 103 Å². The lowest BCUT2D eigenvalue weighted by atomic mass is 10.1. The van der Waals surface area contributed by atoms with Crippen molar-refractivity contribution in [2.45, 2.75) is 143 Å². The lowest BCUT2D eigenvalue weighted by Gasteiger charge is -2.01. The Kier molecular flexibility index (Phi) is 48.5. The van der Waals surface area contributed by atoms with Crippen LogP contribution >= 0.6 is 0 Å². The number of aromatic nitrogens is 42. The largest absolute Gasteiger partial charge is 0.478 e. The van der Waals surface area contributed by atoms with Gasteiger partial charge in [-0.25, -0.2) is 24.7 Å². The molecule has 13 aromatic heterocycles. The summed E-state index contributed by atoms with van der Waals surface area (Å²) in [5.74, 6) is 7.69. The maximum atomic E-state index is 10.6. The van der Waals surface area contributed by atoms with Crippen LogP contribution in [0.5, 0.6) is 0 Å². The highest BCUT2D eigenvalue weighted by Gasteiger charge is 2.14. The van der Waals surface area contributed by atoms with Crippen LogP contribution in [0.3, 0.4) is 0 Å². The molecule has 0 fully saturated rings. The van der Waals surface area contributed by atoms with Gasteiger partial charge in [-0.15, -0.1) is 184 Å². The first-order chi connectivity index (χ1) is 71.2. The highest BCUT2D eigenvalue weighted by atomic mass is 16.4. The summed E-state index contributed by atoms with van der Waals surface area (Å²) >= 11 is 0. The van der Waals surface area contributed by atoms with Gasteiger partial charge in [0.1, 0.15) is 11.4 Å². The number of carboxylic acids is 1. The predicted octanol–water partition coefficient (Wildman–Crippen LogP) is 5.61. The number of carbonyl (C=O) groups is 1. The van der Waals surface area contributed by atoms with E-state index in [1.165, 1.54) is 31.1 Å². The quantitative estimate of drug-likeness (QED) is 0.0221. The summed E-state index contributed by atoms with van der Waals surface area (Å²) in [6, 6.07) is 51.4. The Morgan fingerprint density at radius 2 is 0.455 bits per heavy atom. The van der Waals surface area contributed by atoms with Crippen molar-refractivity contribution in [3.05, 3.63) is 289 Å². The van der Waals surface area contributed by atoms with Gasteiger partial charge in [-0.3, -0.25) is 9.97 Å². The summed E-state index contributed by atoms with van der Waals surface area (Å²) in [5.41, 5.74) is 53.6. The number of rotatable bonds is 34. The smallest absolute Gasteiger partial charge is 0.335 e. The summed E-state index contributed by atoms with van der Waals surface area (Å²) in [5, 5.41) is 149. The minimum Gasteiger partial charge on any atom is -0.478 e. The lowest BCUT2D eigenvalue weighted by molar-refractivity contribution is 0.0696. The van der Waals surface area contributed by atoms with E-state index in [0.717, 1.165) is 185 Å². The van der Waals surface area contributed by atoms with Crippen molar-refractivity contribution in [1.29, 1.82) is 0 Å². The number of nitrogens with zero attached hydrogens (tertiary/aromatic N) is 42. The molecule has 0 unspecified atom stereocenters. The Hall–Kier alpha value is -17.8. The van der Waals surface area contributed by atoms with E-state index in [1.807, 2.05) is 133 Å². The number of unbranched alkanes of at least 4 members (excludes halogenated alkanes) is 8. The van der Waals surface area contributed by atoms with Gasteiger partial charge in [0.25, 0.3) is 0 Å². The van der Waals surface area contributed by atoms with Gasteiger partial charge >= 0.3 is 5.97 Å². The van der Waals surface area contributed by atoms with E-state index in [2.05, 4.69) is 213 Å². The number of benzene rings is 5. The average Bonchev–Trinajstić information content (AvgIpc) is 0.843. The molecule has 0 spiro atoms. The van der Waals surface area contributed by atoms with Crippen molar-refractivity contribution in [3.63, 3.8) is 0 Å². The number of nitrogens with two attached hydrogens (primary N) is 8. The van der Waals surface area contributed by atoms with Gasteiger partial charge in [-0.2, -0.15) is 0 Å². The molecule has 0 saturated carbocycles. The van der Waals surface area contributed by atoms with Crippen molar-refractivity contribution >= 4 is 5.97 Å². The molecule has 145 heavy (non-hydrogen) atoms. The fourth-order valence-electron chi connectivity index (χ4n) is 11.7. The molecule has 18 aromatic rings. The van der Waals surface area contributed by atoms with Gasteiger partial charge in [0.2, 0.25) is 64.1 Å². The average molecular weight is 1960 g/mol. The molecule has 0 atom stereocenters. The number of pyridine rings is 2. The lowest BCUT2D eigenvalue weighted by Crippen LogP contribution is -2.05. The van der Waals surface area contributed by atoms with E-state index in [0.29, 0.717) is 130 Å². The van der Waals surface area contributed by atoms with E-state index in [1.54, 1.807) is 75.3 Å². The molecule has 13 heterocycles. The zero-order chi connectivity index (χ0) is 102. The van der Waals surface area contributed by atoms with Crippen molar-refractivity contribution in [1.82, 2.24) is 213 Å². The summed E-state index contributed by atoms with van der Waals surface area (Å²) in [6.07, 6.45) is 29.7. The molecule has 52 heteroatoms. The molecule has 0 aliphatic heterocycles. The first-order valence-corrected chi connectivity index (χ1v) is 45.8. The molecule has 17 N–H and O–H groups in total. The van der Waals surface area contributed by atoms with E-state index >= 15 is 0 Å². The van der Waals surface area contributed by atoms with Gasteiger partial charge in [-0.1, -0.05) is 147 Å². The molecular formula is C93H108N50O2. The van der Waals surface area contributed by atoms with Crippen LogP contribution in [0.2, 0.25) is 0 Å². The summed E-state index contributed by atoms with van der Waals surface area (Å²) in [6.45, 7) is 8.57. The molecule has 0 bridgehead atoms. The molecule has 0 aliphatic carbocycles. The van der Waals surface area contributed by atoms with Crippen LogP contribution in [-0.4, -0.2) is 251 Å². The number of aryl methyl sites for hydroxylation is 6. The van der Waals surface area contributed by atoms with E-state index in [9.17, 15) is 4.79 Å². The molecule has 5 aromatic carbocycles. The van der Waals surface area contributed by atoms with E-state index < -0.39 is 5.97 Å². The Morgan fingerprint density at radius 3 is 0.738 bits per heavy atom. The fraction of sp³-hybridized carbons (Fsp3) is 0.280. The summed E-state index contributed by atoms with van der Waals surface area (Å²) < 4.78 is 0. The van der Waals surface area contributed by atoms with Crippen LogP contribution in [0.15, 0.2) is 226 Å². The van der Waals surface area contributed by atoms with Crippen LogP contribution in [0.25, 0.3) is 103 Å². The molecule has 0 amide bonds. The zero-order valence-corrected chi connectivity index (χ0v) is 79.6. The predicted molar refractivity (Wildman–Crippen MR) is 529 cm³/mol. The molecule has 0 saturated heterocycles. The van der Waals surface area contributed by atoms with Crippen molar-refractivity contribution in [2.75, 3.05) is 26.2 Å². The Bertz CT molecular complexity index is 6290. The third kappa shape index (κ3) is 40.1. The Morgan fingerprint density at radius 1 is 0.221 bits per heavy atom. The second kappa shape index (κ2) is 64.4. The molecule has 18 rings (SSSR count). The molecule has 52 nitrogen and oxygen atoms in total. The molecular weight excluding hydrogens is 1850 g/mol. The topological polar surface area (TPSA) is 787 Å². The fourth-order valence-corrected chi connectivity index (χ4v) is 11.7. The zero-order valence-electron chi connectivity index (χ0n) is 79.6. The second-order valence-electron chi connectivity index (χ2n) is 30.2. The summed E-state index contributed by atoms with van der Waals surface area (Å²) in [7, 11) is 0. The number of carboxylic acid groups (broad SMARTS) is 1. The van der Waals surface area contributed by atoms with Gasteiger partial charge in [-0.05, 0) is 162 Å². The minimum atomic E-state index is -0.966. The van der Waals surface area contributed by atoms with Gasteiger partial charge in [0, 0.05) is 117 Å². The number of hydrogen-bond acceptors (Lipinski definition) is 51. The highest BCUT2D eigenvalue weighted by molar-refractivity contribution is 5.88. The maximum absolute atomic E-state index is 10.6. The van der Waals surface area contributed by atoms with Crippen molar-refractivity contribution < 1.29 is 9.90 Å². The Balaban J connectivity index is 0.000000168. The number of hydrogen-bond donors (Lipinski definition) is 9. The second-order valence-corrected chi connectivity index (χ2v) is 30.2.